The number of methoxy groups -OCH3 is 1. The van der Waals surface area contributed by atoms with E-state index in [1.165, 1.54) is 11.3 Å². The number of thiophene rings is 1. The topological polar surface area (TPSA) is 56.6 Å². The lowest BCUT2D eigenvalue weighted by atomic mass is 10.2. The number of anilines is 1. The lowest BCUT2D eigenvalue weighted by molar-refractivity contribution is 0.0769. The van der Waals surface area contributed by atoms with E-state index < -0.39 is 0 Å². The number of carbonyl (C=O) groups excluding carboxylic acids is 1. The highest BCUT2D eigenvalue weighted by molar-refractivity contribution is 7.17. The second-order valence-electron chi connectivity index (χ2n) is 7.17. The number of benzene rings is 2. The molecule has 152 valence electrons. The summed E-state index contributed by atoms with van der Waals surface area (Å²) in [6.07, 6.45) is 0.894. The first-order chi connectivity index (χ1) is 14.7. The summed E-state index contributed by atoms with van der Waals surface area (Å²) in [6.45, 7) is 3.01. The molecule has 0 aliphatic carbocycles. The Morgan fingerprint density at radius 2 is 1.80 bits per heavy atom. The third-order valence-electron chi connectivity index (χ3n) is 5.32. The molecule has 0 saturated carbocycles. The number of hydrogen-bond donors (Lipinski definition) is 0. The van der Waals surface area contributed by atoms with Crippen LogP contribution in [0.4, 0.5) is 5.69 Å². The highest BCUT2D eigenvalue weighted by Gasteiger charge is 2.25. The van der Waals surface area contributed by atoms with Crippen LogP contribution in [0.1, 0.15) is 21.7 Å². The predicted molar refractivity (Wildman–Crippen MR) is 120 cm³/mol. The first-order valence-corrected chi connectivity index (χ1v) is 10.8. The van der Waals surface area contributed by atoms with Crippen molar-refractivity contribution in [3.63, 3.8) is 0 Å². The minimum Gasteiger partial charge on any atom is -0.495 e. The predicted octanol–water partition coefficient (Wildman–Crippen LogP) is 4.65. The maximum atomic E-state index is 13.3. The molecule has 2 aromatic carbocycles. The molecule has 6 heteroatoms. The fraction of sp³-hybridized carbons (Fsp3) is 0.250. The van der Waals surface area contributed by atoms with Gasteiger partial charge in [0.2, 0.25) is 0 Å². The van der Waals surface area contributed by atoms with Gasteiger partial charge in [-0.2, -0.15) is 5.26 Å². The van der Waals surface area contributed by atoms with Gasteiger partial charge in [-0.05, 0) is 42.3 Å². The van der Waals surface area contributed by atoms with Crippen molar-refractivity contribution in [2.45, 2.75) is 6.42 Å². The number of amides is 1. The van der Waals surface area contributed by atoms with E-state index in [1.54, 1.807) is 7.11 Å². The summed E-state index contributed by atoms with van der Waals surface area (Å²) in [5, 5.41) is 8.99. The van der Waals surface area contributed by atoms with Crippen LogP contribution in [-0.2, 0) is 0 Å². The van der Waals surface area contributed by atoms with Crippen molar-refractivity contribution in [1.82, 2.24) is 4.90 Å². The highest BCUT2D eigenvalue weighted by atomic mass is 32.1. The molecule has 1 fully saturated rings. The summed E-state index contributed by atoms with van der Waals surface area (Å²) in [4.78, 5) is 19.2. The second-order valence-corrected chi connectivity index (χ2v) is 8.22. The van der Waals surface area contributed by atoms with E-state index in [4.69, 9.17) is 10.00 Å². The van der Waals surface area contributed by atoms with E-state index in [-0.39, 0.29) is 5.91 Å². The van der Waals surface area contributed by atoms with Crippen LogP contribution in [0, 0.1) is 11.3 Å². The number of nitrogens with zero attached hydrogens (tertiary/aromatic N) is 3. The fourth-order valence-electron chi connectivity index (χ4n) is 3.69. The van der Waals surface area contributed by atoms with Gasteiger partial charge in [-0.3, -0.25) is 4.79 Å². The molecule has 30 heavy (non-hydrogen) atoms. The Kier molecular flexibility index (Phi) is 6.01. The van der Waals surface area contributed by atoms with Crippen LogP contribution in [0.3, 0.4) is 0 Å². The Labute approximate surface area is 180 Å². The number of carbonyl (C=O) groups is 1. The van der Waals surface area contributed by atoms with Crippen molar-refractivity contribution in [3.05, 3.63) is 71.1 Å². The van der Waals surface area contributed by atoms with Crippen molar-refractivity contribution in [3.8, 4) is 22.3 Å². The molecular formula is C24H23N3O2S. The van der Waals surface area contributed by atoms with E-state index in [2.05, 4.69) is 11.0 Å². The zero-order valence-electron chi connectivity index (χ0n) is 16.9. The van der Waals surface area contributed by atoms with Gasteiger partial charge in [0.1, 0.15) is 10.6 Å². The molecule has 0 atom stereocenters. The van der Waals surface area contributed by atoms with Crippen LogP contribution < -0.4 is 9.64 Å². The maximum Gasteiger partial charge on any atom is 0.267 e. The van der Waals surface area contributed by atoms with Gasteiger partial charge in [-0.1, -0.05) is 30.3 Å². The third kappa shape index (κ3) is 4.17. The van der Waals surface area contributed by atoms with E-state index in [0.29, 0.717) is 29.3 Å². The molecule has 5 nitrogen and oxygen atoms in total. The molecule has 0 radical (unpaired) electrons. The van der Waals surface area contributed by atoms with Crippen molar-refractivity contribution >= 4 is 22.9 Å². The van der Waals surface area contributed by atoms with Crippen LogP contribution >= 0.6 is 11.3 Å². The number of ether oxygens (including phenoxy) is 1. The molecule has 0 N–H and O–H groups in total. The lowest BCUT2D eigenvalue weighted by Crippen LogP contribution is -2.35. The van der Waals surface area contributed by atoms with Crippen molar-refractivity contribution in [1.29, 1.82) is 5.26 Å². The van der Waals surface area contributed by atoms with Crippen LogP contribution in [0.15, 0.2) is 60.7 Å². The standard InChI is InChI=1S/C24H23N3O2S/c1-29-21-16-22(19-6-3-2-4-7-19)30-23(21)24(28)27-13-5-12-26(14-15-27)20-10-8-18(17-25)9-11-20/h2-4,6-11,16H,5,12-15H2,1H3. The molecule has 1 amide bonds. The Morgan fingerprint density at radius 3 is 2.50 bits per heavy atom. The summed E-state index contributed by atoms with van der Waals surface area (Å²) in [5.74, 6) is 0.665. The Bertz CT molecular complexity index is 1050. The third-order valence-corrected chi connectivity index (χ3v) is 6.47. The second kappa shape index (κ2) is 9.02. The van der Waals surface area contributed by atoms with Crippen LogP contribution in [0.2, 0.25) is 0 Å². The summed E-state index contributed by atoms with van der Waals surface area (Å²) < 4.78 is 5.53. The summed E-state index contributed by atoms with van der Waals surface area (Å²) in [7, 11) is 1.61. The minimum atomic E-state index is 0.0284. The largest absolute Gasteiger partial charge is 0.495 e. The molecule has 3 aromatic rings. The van der Waals surface area contributed by atoms with Gasteiger partial charge >= 0.3 is 0 Å². The normalized spacial score (nSPS) is 14.1. The molecule has 1 aliphatic heterocycles. The average molecular weight is 418 g/mol. The SMILES string of the molecule is COc1cc(-c2ccccc2)sc1C(=O)N1CCCN(c2ccc(C#N)cc2)CC1. The van der Waals surface area contributed by atoms with Gasteiger partial charge in [0.05, 0.1) is 18.7 Å². The first-order valence-electron chi connectivity index (χ1n) is 9.97. The van der Waals surface area contributed by atoms with Gasteiger partial charge in [0.15, 0.2) is 0 Å². The Hall–Kier alpha value is -3.30. The lowest BCUT2D eigenvalue weighted by Gasteiger charge is -2.23. The summed E-state index contributed by atoms with van der Waals surface area (Å²) in [6, 6.07) is 21.8. The van der Waals surface area contributed by atoms with Crippen LogP contribution in [0.25, 0.3) is 10.4 Å². The smallest absolute Gasteiger partial charge is 0.267 e. The molecule has 2 heterocycles. The first kappa shape index (κ1) is 20.0. The Balaban J connectivity index is 1.50. The van der Waals surface area contributed by atoms with E-state index in [1.807, 2.05) is 65.6 Å². The fourth-order valence-corrected chi connectivity index (χ4v) is 4.79. The number of nitriles is 1. The van der Waals surface area contributed by atoms with Crippen molar-refractivity contribution < 1.29 is 9.53 Å². The van der Waals surface area contributed by atoms with Gasteiger partial charge in [0.25, 0.3) is 5.91 Å². The average Bonchev–Trinajstić information content (AvgIpc) is 3.09. The molecule has 1 saturated heterocycles. The zero-order chi connectivity index (χ0) is 20.9. The molecule has 1 aromatic heterocycles. The van der Waals surface area contributed by atoms with E-state index in [9.17, 15) is 4.79 Å². The van der Waals surface area contributed by atoms with Crippen molar-refractivity contribution in [2.24, 2.45) is 0 Å². The molecule has 1 aliphatic rings. The van der Waals surface area contributed by atoms with Gasteiger partial charge in [0, 0.05) is 36.7 Å². The summed E-state index contributed by atoms with van der Waals surface area (Å²) >= 11 is 1.49. The molecule has 0 bridgehead atoms. The van der Waals surface area contributed by atoms with E-state index >= 15 is 0 Å². The molecule has 0 spiro atoms. The monoisotopic (exact) mass is 417 g/mol. The number of rotatable bonds is 4. The van der Waals surface area contributed by atoms with Crippen molar-refractivity contribution in [2.75, 3.05) is 38.2 Å². The van der Waals surface area contributed by atoms with Gasteiger partial charge in [-0.15, -0.1) is 11.3 Å². The van der Waals surface area contributed by atoms with Crippen LogP contribution in [-0.4, -0.2) is 44.1 Å². The van der Waals surface area contributed by atoms with Gasteiger partial charge < -0.3 is 14.5 Å². The van der Waals surface area contributed by atoms with Crippen LogP contribution in [0.5, 0.6) is 5.75 Å². The Morgan fingerprint density at radius 1 is 1.03 bits per heavy atom. The van der Waals surface area contributed by atoms with E-state index in [0.717, 1.165) is 35.6 Å². The number of hydrogen-bond acceptors (Lipinski definition) is 5. The highest BCUT2D eigenvalue weighted by Crippen LogP contribution is 2.37. The summed E-state index contributed by atoms with van der Waals surface area (Å²) in [5.41, 5.74) is 2.83. The van der Waals surface area contributed by atoms with Gasteiger partial charge in [-0.25, -0.2) is 0 Å². The quantitative estimate of drug-likeness (QED) is 0.620. The minimum absolute atomic E-state index is 0.0284. The molecule has 0 unspecified atom stereocenters. The molecular weight excluding hydrogens is 394 g/mol. The zero-order valence-corrected chi connectivity index (χ0v) is 17.7. The maximum absolute atomic E-state index is 13.3. The molecule has 4 rings (SSSR count).